The van der Waals surface area contributed by atoms with E-state index in [1.54, 1.807) is 12.4 Å². The molecule has 1 unspecified atom stereocenters. The van der Waals surface area contributed by atoms with Gasteiger partial charge in [0.15, 0.2) is 0 Å². The van der Waals surface area contributed by atoms with Crippen molar-refractivity contribution in [3.63, 3.8) is 0 Å². The van der Waals surface area contributed by atoms with Gasteiger partial charge in [-0.25, -0.2) is 0 Å². The van der Waals surface area contributed by atoms with Gasteiger partial charge >= 0.3 is 0 Å². The molecule has 0 aromatic carbocycles. The molecular weight excluding hydrogens is 152 g/mol. The van der Waals surface area contributed by atoms with Crippen LogP contribution in [0.1, 0.15) is 18.5 Å². The molecule has 0 bridgehead atoms. The van der Waals surface area contributed by atoms with Crippen LogP contribution >= 0.6 is 0 Å². The summed E-state index contributed by atoms with van der Waals surface area (Å²) in [6, 6.07) is 4.21. The number of hydrogen-bond acceptors (Lipinski definition) is 3. The molecular formula is C9H14N2O. The molecule has 0 amide bonds. The molecule has 0 saturated carbocycles. The van der Waals surface area contributed by atoms with Crippen LogP contribution in [0.2, 0.25) is 0 Å². The lowest BCUT2D eigenvalue weighted by Gasteiger charge is -2.12. The van der Waals surface area contributed by atoms with E-state index >= 15 is 0 Å². The summed E-state index contributed by atoms with van der Waals surface area (Å²) in [5.74, 6) is 0. The topological polar surface area (TPSA) is 45.1 Å². The van der Waals surface area contributed by atoms with Gasteiger partial charge in [0.2, 0.25) is 0 Å². The van der Waals surface area contributed by atoms with E-state index in [4.69, 9.17) is 5.11 Å². The molecule has 0 aliphatic rings. The summed E-state index contributed by atoms with van der Waals surface area (Å²) in [6.07, 6.45) is 3.54. The lowest BCUT2D eigenvalue weighted by Crippen LogP contribution is -2.21. The van der Waals surface area contributed by atoms with Crippen molar-refractivity contribution in [2.24, 2.45) is 0 Å². The Morgan fingerprint density at radius 1 is 1.50 bits per heavy atom. The van der Waals surface area contributed by atoms with Gasteiger partial charge in [0.25, 0.3) is 0 Å². The number of aliphatic hydroxyl groups is 1. The van der Waals surface area contributed by atoms with Gasteiger partial charge in [-0.15, -0.1) is 0 Å². The van der Waals surface area contributed by atoms with Gasteiger partial charge in [-0.3, -0.25) is 4.98 Å². The van der Waals surface area contributed by atoms with Gasteiger partial charge in [-0.05, 0) is 24.6 Å². The van der Waals surface area contributed by atoms with Crippen molar-refractivity contribution in [3.8, 4) is 0 Å². The minimum absolute atomic E-state index is 0.176. The van der Waals surface area contributed by atoms with E-state index < -0.39 is 0 Å². The molecule has 0 fully saturated rings. The molecule has 1 heterocycles. The number of rotatable bonds is 4. The van der Waals surface area contributed by atoms with Gasteiger partial charge in [0.1, 0.15) is 0 Å². The second kappa shape index (κ2) is 4.85. The van der Waals surface area contributed by atoms with E-state index in [0.717, 1.165) is 0 Å². The highest BCUT2D eigenvalue weighted by molar-refractivity contribution is 5.13. The van der Waals surface area contributed by atoms with Crippen LogP contribution in [0.25, 0.3) is 0 Å². The molecule has 1 aromatic rings. The lowest BCUT2D eigenvalue weighted by molar-refractivity contribution is 0.286. The Bertz CT molecular complexity index is 213. The number of hydrogen-bond donors (Lipinski definition) is 2. The monoisotopic (exact) mass is 166 g/mol. The summed E-state index contributed by atoms with van der Waals surface area (Å²) >= 11 is 0. The van der Waals surface area contributed by atoms with E-state index in [1.807, 2.05) is 12.1 Å². The van der Waals surface area contributed by atoms with E-state index in [1.165, 1.54) is 5.56 Å². The fraction of sp³-hybridized carbons (Fsp3) is 0.444. The second-order valence-electron chi connectivity index (χ2n) is 2.68. The maximum absolute atomic E-state index is 8.59. The van der Waals surface area contributed by atoms with Crippen LogP contribution in [0, 0.1) is 0 Å². The van der Waals surface area contributed by atoms with Crippen LogP contribution in [-0.2, 0) is 0 Å². The number of nitrogens with one attached hydrogen (secondary N) is 1. The second-order valence-corrected chi connectivity index (χ2v) is 2.68. The summed E-state index contributed by atoms with van der Waals surface area (Å²) in [6.45, 7) is 2.86. The predicted octanol–water partition coefficient (Wildman–Crippen LogP) is 0.724. The first-order valence-electron chi connectivity index (χ1n) is 4.08. The molecule has 12 heavy (non-hydrogen) atoms. The Morgan fingerprint density at radius 2 is 2.17 bits per heavy atom. The van der Waals surface area contributed by atoms with Crippen molar-refractivity contribution in [2.75, 3.05) is 13.2 Å². The van der Waals surface area contributed by atoms with E-state index in [2.05, 4.69) is 17.2 Å². The largest absolute Gasteiger partial charge is 0.395 e. The van der Waals surface area contributed by atoms with Gasteiger partial charge in [0.05, 0.1) is 6.61 Å². The van der Waals surface area contributed by atoms with Crippen molar-refractivity contribution in [1.82, 2.24) is 10.3 Å². The summed E-state index contributed by atoms with van der Waals surface area (Å²) < 4.78 is 0. The van der Waals surface area contributed by atoms with Crippen LogP contribution in [0.3, 0.4) is 0 Å². The van der Waals surface area contributed by atoms with E-state index in [9.17, 15) is 0 Å². The molecule has 0 radical (unpaired) electrons. The Hall–Kier alpha value is -0.930. The first-order valence-corrected chi connectivity index (χ1v) is 4.08. The average Bonchev–Trinajstić information content (AvgIpc) is 2.15. The van der Waals surface area contributed by atoms with Crippen molar-refractivity contribution in [2.45, 2.75) is 13.0 Å². The molecule has 0 aliphatic heterocycles. The SMILES string of the molecule is CC(NCCO)c1ccncc1. The third-order valence-electron chi connectivity index (χ3n) is 1.77. The van der Waals surface area contributed by atoms with Crippen LogP contribution in [0.15, 0.2) is 24.5 Å². The van der Waals surface area contributed by atoms with Crippen molar-refractivity contribution < 1.29 is 5.11 Å². The first kappa shape index (κ1) is 9.16. The van der Waals surface area contributed by atoms with Crippen LogP contribution in [0.4, 0.5) is 0 Å². The normalized spacial score (nSPS) is 12.8. The highest BCUT2D eigenvalue weighted by Crippen LogP contribution is 2.08. The highest BCUT2D eigenvalue weighted by Gasteiger charge is 2.01. The zero-order chi connectivity index (χ0) is 8.81. The van der Waals surface area contributed by atoms with Crippen molar-refractivity contribution in [3.05, 3.63) is 30.1 Å². The lowest BCUT2D eigenvalue weighted by atomic mass is 10.1. The summed E-state index contributed by atoms with van der Waals surface area (Å²) in [5.41, 5.74) is 1.19. The van der Waals surface area contributed by atoms with Crippen LogP contribution in [0.5, 0.6) is 0 Å². The maximum Gasteiger partial charge on any atom is 0.0556 e. The number of aliphatic hydroxyl groups excluding tert-OH is 1. The summed E-state index contributed by atoms with van der Waals surface area (Å²) in [7, 11) is 0. The van der Waals surface area contributed by atoms with Gasteiger partial charge in [-0.1, -0.05) is 0 Å². The summed E-state index contributed by atoms with van der Waals surface area (Å²) in [5, 5.41) is 11.8. The summed E-state index contributed by atoms with van der Waals surface area (Å²) in [4.78, 5) is 3.93. The smallest absolute Gasteiger partial charge is 0.0556 e. The van der Waals surface area contributed by atoms with E-state index in [-0.39, 0.29) is 12.6 Å². The van der Waals surface area contributed by atoms with Gasteiger partial charge < -0.3 is 10.4 Å². The molecule has 1 aromatic heterocycles. The Balaban J connectivity index is 2.48. The maximum atomic E-state index is 8.59. The number of aromatic nitrogens is 1. The molecule has 1 atom stereocenters. The number of pyridine rings is 1. The zero-order valence-electron chi connectivity index (χ0n) is 7.20. The molecule has 0 saturated heterocycles. The minimum atomic E-state index is 0.176. The van der Waals surface area contributed by atoms with Gasteiger partial charge in [-0.2, -0.15) is 0 Å². The fourth-order valence-electron chi connectivity index (χ4n) is 1.05. The third-order valence-corrected chi connectivity index (χ3v) is 1.77. The van der Waals surface area contributed by atoms with Gasteiger partial charge in [0, 0.05) is 25.0 Å². The minimum Gasteiger partial charge on any atom is -0.395 e. The van der Waals surface area contributed by atoms with Crippen molar-refractivity contribution >= 4 is 0 Å². The molecule has 2 N–H and O–H groups in total. The van der Waals surface area contributed by atoms with Crippen LogP contribution in [-0.4, -0.2) is 23.2 Å². The highest BCUT2D eigenvalue weighted by atomic mass is 16.3. The molecule has 66 valence electrons. The predicted molar refractivity (Wildman–Crippen MR) is 47.7 cm³/mol. The van der Waals surface area contributed by atoms with Crippen LogP contribution < -0.4 is 5.32 Å². The molecule has 0 aliphatic carbocycles. The average molecular weight is 166 g/mol. The number of nitrogens with zero attached hydrogens (tertiary/aromatic N) is 1. The molecule has 3 nitrogen and oxygen atoms in total. The third kappa shape index (κ3) is 2.60. The zero-order valence-corrected chi connectivity index (χ0v) is 7.20. The first-order chi connectivity index (χ1) is 5.84. The molecule has 1 rings (SSSR count). The molecule has 0 spiro atoms. The standard InChI is InChI=1S/C9H14N2O/c1-8(11-6-7-12)9-2-4-10-5-3-9/h2-5,8,11-12H,6-7H2,1H3. The molecule has 3 heteroatoms. The van der Waals surface area contributed by atoms with Crippen molar-refractivity contribution in [1.29, 1.82) is 0 Å². The fourth-order valence-corrected chi connectivity index (χ4v) is 1.05. The Morgan fingerprint density at radius 3 is 2.75 bits per heavy atom. The quantitative estimate of drug-likeness (QED) is 0.693. The Kier molecular flexibility index (Phi) is 3.70. The Labute approximate surface area is 72.5 Å². The van der Waals surface area contributed by atoms with E-state index in [0.29, 0.717) is 6.54 Å².